The van der Waals surface area contributed by atoms with E-state index in [0.29, 0.717) is 16.3 Å². The van der Waals surface area contributed by atoms with Crippen LogP contribution in [0.2, 0.25) is 0 Å². The van der Waals surface area contributed by atoms with Crippen LogP contribution in [-0.4, -0.2) is 28.7 Å². The van der Waals surface area contributed by atoms with Gasteiger partial charge in [0.15, 0.2) is 0 Å². The lowest BCUT2D eigenvalue weighted by Gasteiger charge is -2.09. The van der Waals surface area contributed by atoms with E-state index in [1.807, 2.05) is 42.5 Å². The number of nitro benzene ring substituents is 1. The van der Waals surface area contributed by atoms with Crippen molar-refractivity contribution < 1.29 is 14.8 Å². The molecule has 1 amide bonds. The topological polar surface area (TPSA) is 117 Å². The highest BCUT2D eigenvalue weighted by Crippen LogP contribution is 2.28. The summed E-state index contributed by atoms with van der Waals surface area (Å²) in [7, 11) is 0. The number of benzene rings is 4. The summed E-state index contributed by atoms with van der Waals surface area (Å²) in [5.74, 6) is -0.409. The number of rotatable bonds is 6. The molecule has 0 spiro atoms. The van der Waals surface area contributed by atoms with Crippen LogP contribution in [-0.2, 0) is 4.79 Å². The molecule has 154 valence electrons. The normalized spacial score (nSPS) is 11.1. The Bertz CT molecular complexity index is 1330. The molecule has 0 saturated heterocycles. The molecule has 8 nitrogen and oxygen atoms in total. The third-order valence-electron chi connectivity index (χ3n) is 4.84. The number of fused-ring (bicyclic) bond motifs is 2. The molecule has 0 bridgehead atoms. The van der Waals surface area contributed by atoms with Crippen LogP contribution in [0.25, 0.3) is 21.5 Å². The second kappa shape index (κ2) is 8.50. The molecule has 0 atom stereocenters. The van der Waals surface area contributed by atoms with E-state index in [2.05, 4.69) is 15.8 Å². The second-order valence-corrected chi connectivity index (χ2v) is 6.83. The van der Waals surface area contributed by atoms with Gasteiger partial charge in [0.25, 0.3) is 11.6 Å². The SMILES string of the molecule is O=C(CNc1cccc2ccccc12)NN=Cc1c(O)ccc2cc([N+](=O)[O-])ccc12. The number of carbonyl (C=O) groups is 1. The summed E-state index contributed by atoms with van der Waals surface area (Å²) in [6.07, 6.45) is 1.32. The molecule has 0 saturated carbocycles. The standard InChI is InChI=1S/C23H18N4O4/c28-22-11-8-16-12-17(27(30)31)9-10-18(16)20(22)13-25-26-23(29)14-24-21-7-3-5-15-4-1-2-6-19(15)21/h1-13,24,28H,14H2,(H,26,29). The molecule has 0 fully saturated rings. The first-order valence-electron chi connectivity index (χ1n) is 9.46. The largest absolute Gasteiger partial charge is 0.507 e. The average molecular weight is 414 g/mol. The lowest BCUT2D eigenvalue weighted by Crippen LogP contribution is -2.25. The summed E-state index contributed by atoms with van der Waals surface area (Å²) in [5, 5.41) is 31.4. The number of hydrogen-bond acceptors (Lipinski definition) is 6. The van der Waals surface area contributed by atoms with E-state index in [4.69, 9.17) is 0 Å². The zero-order valence-corrected chi connectivity index (χ0v) is 16.3. The maximum atomic E-state index is 12.2. The Morgan fingerprint density at radius 3 is 2.65 bits per heavy atom. The summed E-state index contributed by atoms with van der Waals surface area (Å²) < 4.78 is 0. The van der Waals surface area contributed by atoms with Gasteiger partial charge >= 0.3 is 0 Å². The van der Waals surface area contributed by atoms with Crippen molar-refractivity contribution >= 4 is 45.0 Å². The fraction of sp³-hybridized carbons (Fsp3) is 0.0435. The second-order valence-electron chi connectivity index (χ2n) is 6.83. The minimum Gasteiger partial charge on any atom is -0.507 e. The lowest BCUT2D eigenvalue weighted by molar-refractivity contribution is -0.384. The summed E-state index contributed by atoms with van der Waals surface area (Å²) in [6.45, 7) is 0.0130. The Morgan fingerprint density at radius 2 is 1.81 bits per heavy atom. The summed E-state index contributed by atoms with van der Waals surface area (Å²) in [5.41, 5.74) is 3.57. The maximum absolute atomic E-state index is 12.2. The molecular formula is C23H18N4O4. The molecule has 8 heteroatoms. The number of phenols is 1. The number of phenolic OH excluding ortho intramolecular Hbond substituents is 1. The number of nitrogens with zero attached hydrogens (tertiary/aromatic N) is 2. The Morgan fingerprint density at radius 1 is 1.00 bits per heavy atom. The van der Waals surface area contributed by atoms with Crippen molar-refractivity contribution in [2.24, 2.45) is 5.10 Å². The number of hydrazone groups is 1. The van der Waals surface area contributed by atoms with E-state index in [1.54, 1.807) is 12.1 Å². The number of amides is 1. The van der Waals surface area contributed by atoms with Crippen molar-refractivity contribution in [2.45, 2.75) is 0 Å². The van der Waals surface area contributed by atoms with Gasteiger partial charge in [-0.05, 0) is 34.4 Å². The van der Waals surface area contributed by atoms with Crippen molar-refractivity contribution in [3.63, 3.8) is 0 Å². The molecule has 31 heavy (non-hydrogen) atoms. The average Bonchev–Trinajstić information content (AvgIpc) is 2.78. The van der Waals surface area contributed by atoms with E-state index in [-0.39, 0.29) is 23.9 Å². The van der Waals surface area contributed by atoms with E-state index >= 15 is 0 Å². The van der Waals surface area contributed by atoms with Crippen molar-refractivity contribution in [3.8, 4) is 5.75 Å². The van der Waals surface area contributed by atoms with Crippen molar-refractivity contribution in [3.05, 3.63) is 88.5 Å². The van der Waals surface area contributed by atoms with Gasteiger partial charge in [0.1, 0.15) is 5.75 Å². The first-order chi connectivity index (χ1) is 15.0. The molecule has 4 rings (SSSR count). The maximum Gasteiger partial charge on any atom is 0.270 e. The molecule has 3 N–H and O–H groups in total. The van der Waals surface area contributed by atoms with Gasteiger partial charge in [0, 0.05) is 28.8 Å². The highest BCUT2D eigenvalue weighted by molar-refractivity contribution is 6.03. The van der Waals surface area contributed by atoms with Gasteiger partial charge in [-0.15, -0.1) is 0 Å². The van der Waals surface area contributed by atoms with E-state index < -0.39 is 4.92 Å². The number of hydrogen-bond donors (Lipinski definition) is 3. The fourth-order valence-electron chi connectivity index (χ4n) is 3.34. The highest BCUT2D eigenvalue weighted by Gasteiger charge is 2.10. The van der Waals surface area contributed by atoms with Crippen LogP contribution in [0.1, 0.15) is 5.56 Å². The molecule has 0 unspecified atom stereocenters. The Kier molecular flexibility index (Phi) is 5.44. The predicted octanol–water partition coefficient (Wildman–Crippen LogP) is 4.17. The van der Waals surface area contributed by atoms with Gasteiger partial charge in [-0.3, -0.25) is 14.9 Å². The van der Waals surface area contributed by atoms with Crippen LogP contribution in [0.3, 0.4) is 0 Å². The summed E-state index contributed by atoms with van der Waals surface area (Å²) in [6, 6.07) is 21.0. The summed E-state index contributed by atoms with van der Waals surface area (Å²) >= 11 is 0. The smallest absolute Gasteiger partial charge is 0.270 e. The van der Waals surface area contributed by atoms with E-state index in [1.165, 1.54) is 24.4 Å². The molecular weight excluding hydrogens is 396 g/mol. The quantitative estimate of drug-likeness (QED) is 0.249. The van der Waals surface area contributed by atoms with E-state index in [9.17, 15) is 20.0 Å². The summed E-state index contributed by atoms with van der Waals surface area (Å²) in [4.78, 5) is 22.7. The Labute approximate surface area is 177 Å². The molecule has 0 aliphatic rings. The van der Waals surface area contributed by atoms with Crippen LogP contribution in [0.4, 0.5) is 11.4 Å². The fourth-order valence-corrected chi connectivity index (χ4v) is 3.34. The van der Waals surface area contributed by atoms with Crippen LogP contribution >= 0.6 is 0 Å². The zero-order valence-electron chi connectivity index (χ0n) is 16.3. The third-order valence-corrected chi connectivity index (χ3v) is 4.84. The molecule has 0 aromatic heterocycles. The van der Waals surface area contributed by atoms with Crippen LogP contribution in [0.5, 0.6) is 5.75 Å². The van der Waals surface area contributed by atoms with Crippen LogP contribution < -0.4 is 10.7 Å². The monoisotopic (exact) mass is 414 g/mol. The van der Waals surface area contributed by atoms with Crippen molar-refractivity contribution in [1.29, 1.82) is 0 Å². The van der Waals surface area contributed by atoms with Gasteiger partial charge in [-0.1, -0.05) is 42.5 Å². The predicted molar refractivity (Wildman–Crippen MR) is 120 cm³/mol. The molecule has 4 aromatic carbocycles. The number of carbonyl (C=O) groups excluding carboxylic acids is 1. The number of aromatic hydroxyl groups is 1. The zero-order chi connectivity index (χ0) is 21.8. The van der Waals surface area contributed by atoms with Gasteiger partial charge in [0.05, 0.1) is 17.7 Å². The molecule has 4 aromatic rings. The van der Waals surface area contributed by atoms with Crippen molar-refractivity contribution in [1.82, 2.24) is 5.43 Å². The van der Waals surface area contributed by atoms with Gasteiger partial charge in [-0.2, -0.15) is 5.10 Å². The molecule has 0 aliphatic carbocycles. The first kappa shape index (κ1) is 19.8. The number of nitro groups is 1. The minimum atomic E-state index is -0.483. The third kappa shape index (κ3) is 4.27. The van der Waals surface area contributed by atoms with Crippen LogP contribution in [0, 0.1) is 10.1 Å². The molecule has 0 heterocycles. The number of anilines is 1. The highest BCUT2D eigenvalue weighted by atomic mass is 16.6. The Hall–Kier alpha value is -4.46. The number of nitrogens with one attached hydrogen (secondary N) is 2. The molecule has 0 aliphatic heterocycles. The van der Waals surface area contributed by atoms with Crippen molar-refractivity contribution in [2.75, 3.05) is 11.9 Å². The van der Waals surface area contributed by atoms with Crippen LogP contribution in [0.15, 0.2) is 77.9 Å². The first-order valence-corrected chi connectivity index (χ1v) is 9.46. The lowest BCUT2D eigenvalue weighted by atomic mass is 10.0. The van der Waals surface area contributed by atoms with E-state index in [0.717, 1.165) is 16.5 Å². The Balaban J connectivity index is 1.45. The number of non-ortho nitro benzene ring substituents is 1. The van der Waals surface area contributed by atoms with Gasteiger partial charge in [0.2, 0.25) is 0 Å². The van der Waals surface area contributed by atoms with Gasteiger partial charge < -0.3 is 10.4 Å². The minimum absolute atomic E-state index is 0.0130. The molecule has 0 radical (unpaired) electrons. The van der Waals surface area contributed by atoms with Gasteiger partial charge in [-0.25, -0.2) is 5.43 Å².